The van der Waals surface area contributed by atoms with Gasteiger partial charge in [-0.15, -0.1) is 0 Å². The molecule has 5 rings (SSSR count). The van der Waals surface area contributed by atoms with Gasteiger partial charge < -0.3 is 14.6 Å². The van der Waals surface area contributed by atoms with Crippen molar-refractivity contribution in [3.63, 3.8) is 0 Å². The van der Waals surface area contributed by atoms with Crippen LogP contribution in [0.25, 0.3) is 22.5 Å². The summed E-state index contributed by atoms with van der Waals surface area (Å²) in [5.74, 6) is -2.64. The lowest BCUT2D eigenvalue weighted by Crippen LogP contribution is -2.51. The molecule has 0 unspecified atom stereocenters. The summed E-state index contributed by atoms with van der Waals surface area (Å²) in [6.45, 7) is 2.69. The summed E-state index contributed by atoms with van der Waals surface area (Å²) >= 11 is 0. The molecule has 0 spiro atoms. The van der Waals surface area contributed by atoms with E-state index in [0.717, 1.165) is 18.9 Å². The molecule has 2 aromatic heterocycles. The summed E-state index contributed by atoms with van der Waals surface area (Å²) in [6, 6.07) is 7.28. The fourth-order valence-electron chi connectivity index (χ4n) is 4.53. The van der Waals surface area contributed by atoms with Crippen LogP contribution in [0, 0.1) is 23.4 Å². The number of halogens is 3. The first kappa shape index (κ1) is 22.8. The van der Waals surface area contributed by atoms with Crippen LogP contribution < -0.4 is 5.32 Å². The van der Waals surface area contributed by atoms with Gasteiger partial charge in [-0.05, 0) is 43.0 Å². The maximum absolute atomic E-state index is 15.0. The summed E-state index contributed by atoms with van der Waals surface area (Å²) in [4.78, 5) is 27.7. The largest absolute Gasteiger partial charge is 0.423 e. The van der Waals surface area contributed by atoms with E-state index in [0.29, 0.717) is 23.7 Å². The summed E-state index contributed by atoms with van der Waals surface area (Å²) < 4.78 is 48.2. The quantitative estimate of drug-likeness (QED) is 0.429. The number of nitrogens with zero attached hydrogens (tertiary/aromatic N) is 4. The molecule has 4 aromatic rings. The van der Waals surface area contributed by atoms with Gasteiger partial charge in [-0.1, -0.05) is 6.92 Å². The lowest BCUT2D eigenvalue weighted by Gasteiger charge is -2.40. The predicted octanol–water partition coefficient (Wildman–Crippen LogP) is 5.05. The maximum Gasteiger partial charge on any atom is 0.295 e. The molecular weight excluding hydrogens is 459 g/mol. The second-order valence-electron chi connectivity index (χ2n) is 8.58. The van der Waals surface area contributed by atoms with Gasteiger partial charge >= 0.3 is 0 Å². The fourth-order valence-corrected chi connectivity index (χ4v) is 4.53. The van der Waals surface area contributed by atoms with E-state index >= 15 is 4.39 Å². The minimum atomic E-state index is -0.969. The molecule has 1 N–H and O–H groups in total. The van der Waals surface area contributed by atoms with E-state index in [9.17, 15) is 13.6 Å². The molecule has 0 aliphatic carbocycles. The Kier molecular flexibility index (Phi) is 6.10. The normalized spacial score (nSPS) is 18.1. The molecule has 0 saturated carbocycles. The minimum Gasteiger partial charge on any atom is -0.423 e. The van der Waals surface area contributed by atoms with Crippen LogP contribution in [0.1, 0.15) is 30.1 Å². The number of hydrogen-bond donors (Lipinski definition) is 1. The summed E-state index contributed by atoms with van der Waals surface area (Å²) in [5.41, 5.74) is 0.533. The average molecular weight is 481 g/mol. The molecule has 1 aliphatic rings. The van der Waals surface area contributed by atoms with Crippen molar-refractivity contribution in [2.45, 2.75) is 25.8 Å². The number of carbonyl (C=O) groups excluding carboxylic acids is 1. The molecule has 180 valence electrons. The van der Waals surface area contributed by atoms with Gasteiger partial charge in [-0.2, -0.15) is 4.98 Å². The predicted molar refractivity (Wildman–Crippen MR) is 123 cm³/mol. The summed E-state index contributed by atoms with van der Waals surface area (Å²) in [7, 11) is 0. The molecule has 2 atom stereocenters. The van der Waals surface area contributed by atoms with Crippen LogP contribution in [-0.2, 0) is 0 Å². The molecule has 2 aromatic carbocycles. The standard InChI is InChI=1S/C25H22F3N5O2/c1-14-4-2-9-33(20(14)13-31-25-32-19-6-5-15(26)12-21(19)35-25)24(34)22-17(10-16(27)11-18(22)28)23-29-7-3-8-30-23/h3,5-8,10-12,14,20H,2,4,9,13H2,1H3,(H,31,32)/t14-,20-/m1/s1. The zero-order valence-electron chi connectivity index (χ0n) is 18.8. The number of hydrogen-bond acceptors (Lipinski definition) is 6. The second kappa shape index (κ2) is 9.36. The van der Waals surface area contributed by atoms with Gasteiger partial charge in [0.1, 0.15) is 23.0 Å². The van der Waals surface area contributed by atoms with Crippen molar-refractivity contribution >= 4 is 23.0 Å². The van der Waals surface area contributed by atoms with Gasteiger partial charge in [0, 0.05) is 43.2 Å². The molecule has 1 saturated heterocycles. The van der Waals surface area contributed by atoms with Gasteiger partial charge in [0.2, 0.25) is 0 Å². The molecule has 35 heavy (non-hydrogen) atoms. The molecule has 1 fully saturated rings. The van der Waals surface area contributed by atoms with Crippen LogP contribution in [0.3, 0.4) is 0 Å². The van der Waals surface area contributed by atoms with Gasteiger partial charge in [0.25, 0.3) is 11.9 Å². The number of aromatic nitrogens is 3. The van der Waals surface area contributed by atoms with Crippen molar-refractivity contribution in [3.05, 3.63) is 71.8 Å². The third-order valence-corrected chi connectivity index (χ3v) is 6.26. The maximum atomic E-state index is 15.0. The van der Waals surface area contributed by atoms with E-state index < -0.39 is 23.4 Å². The number of rotatable bonds is 5. The molecular formula is C25H22F3N5O2. The van der Waals surface area contributed by atoms with Crippen molar-refractivity contribution in [1.82, 2.24) is 19.9 Å². The van der Waals surface area contributed by atoms with Crippen molar-refractivity contribution in [2.75, 3.05) is 18.4 Å². The van der Waals surface area contributed by atoms with Crippen LogP contribution in [0.15, 0.2) is 53.2 Å². The number of amides is 1. The molecule has 7 nitrogen and oxygen atoms in total. The Morgan fingerprint density at radius 2 is 1.94 bits per heavy atom. The van der Waals surface area contributed by atoms with Crippen LogP contribution in [-0.4, -0.2) is 44.9 Å². The first-order chi connectivity index (χ1) is 16.9. The van der Waals surface area contributed by atoms with E-state index in [1.807, 2.05) is 6.92 Å². The molecule has 1 aliphatic heterocycles. The van der Waals surface area contributed by atoms with E-state index in [-0.39, 0.29) is 41.5 Å². The SMILES string of the molecule is C[C@@H]1CCCN(C(=O)c2c(F)cc(F)cc2-c2ncccn2)[C@@H]1CNc1nc2ccc(F)cc2o1. The third kappa shape index (κ3) is 4.55. The van der Waals surface area contributed by atoms with E-state index in [4.69, 9.17) is 4.42 Å². The summed E-state index contributed by atoms with van der Waals surface area (Å²) in [5, 5.41) is 3.09. The van der Waals surface area contributed by atoms with Crippen LogP contribution >= 0.6 is 0 Å². The minimum absolute atomic E-state index is 0.000914. The Hall–Kier alpha value is -3.95. The van der Waals surface area contributed by atoms with Crippen LogP contribution in [0.2, 0.25) is 0 Å². The Bertz CT molecular complexity index is 1380. The molecule has 3 heterocycles. The Labute approximate surface area is 199 Å². The van der Waals surface area contributed by atoms with Crippen molar-refractivity contribution in [3.8, 4) is 11.4 Å². The number of carbonyl (C=O) groups is 1. The van der Waals surface area contributed by atoms with Crippen LogP contribution in [0.4, 0.5) is 19.2 Å². The number of nitrogens with one attached hydrogen (secondary N) is 1. The monoisotopic (exact) mass is 481 g/mol. The Balaban J connectivity index is 1.44. The number of likely N-dealkylation sites (tertiary alicyclic amines) is 1. The number of benzene rings is 2. The van der Waals surface area contributed by atoms with E-state index in [1.54, 1.807) is 11.0 Å². The third-order valence-electron chi connectivity index (χ3n) is 6.26. The Morgan fingerprint density at radius 1 is 1.14 bits per heavy atom. The van der Waals surface area contributed by atoms with E-state index in [2.05, 4.69) is 20.3 Å². The lowest BCUT2D eigenvalue weighted by molar-refractivity contribution is 0.0535. The van der Waals surface area contributed by atoms with Gasteiger partial charge in [0.15, 0.2) is 11.4 Å². The van der Waals surface area contributed by atoms with Crippen molar-refractivity contribution in [2.24, 2.45) is 5.92 Å². The highest BCUT2D eigenvalue weighted by Gasteiger charge is 2.35. The number of anilines is 1. The van der Waals surface area contributed by atoms with Crippen molar-refractivity contribution in [1.29, 1.82) is 0 Å². The zero-order valence-corrected chi connectivity index (χ0v) is 18.8. The highest BCUT2D eigenvalue weighted by molar-refractivity contribution is 6.00. The van der Waals surface area contributed by atoms with Gasteiger partial charge in [0.05, 0.1) is 11.6 Å². The van der Waals surface area contributed by atoms with Crippen LogP contribution in [0.5, 0.6) is 0 Å². The molecule has 0 bridgehead atoms. The number of piperidine rings is 1. The molecule has 0 radical (unpaired) electrons. The van der Waals surface area contributed by atoms with Gasteiger partial charge in [-0.25, -0.2) is 23.1 Å². The highest BCUT2D eigenvalue weighted by Crippen LogP contribution is 2.31. The zero-order chi connectivity index (χ0) is 24.5. The van der Waals surface area contributed by atoms with Gasteiger partial charge in [-0.3, -0.25) is 4.79 Å². The first-order valence-corrected chi connectivity index (χ1v) is 11.3. The average Bonchev–Trinajstić information content (AvgIpc) is 3.25. The molecule has 10 heteroatoms. The second-order valence-corrected chi connectivity index (χ2v) is 8.58. The topological polar surface area (TPSA) is 84.2 Å². The number of oxazole rings is 1. The van der Waals surface area contributed by atoms with E-state index in [1.165, 1.54) is 30.6 Å². The highest BCUT2D eigenvalue weighted by atomic mass is 19.1. The smallest absolute Gasteiger partial charge is 0.295 e. The fraction of sp³-hybridized carbons (Fsp3) is 0.280. The number of fused-ring (bicyclic) bond motifs is 1. The Morgan fingerprint density at radius 3 is 2.74 bits per heavy atom. The first-order valence-electron chi connectivity index (χ1n) is 11.3. The lowest BCUT2D eigenvalue weighted by atomic mass is 9.89. The molecule has 1 amide bonds. The summed E-state index contributed by atoms with van der Waals surface area (Å²) in [6.07, 6.45) is 4.50. The van der Waals surface area contributed by atoms with Crippen molar-refractivity contribution < 1.29 is 22.4 Å².